The molecule has 17 heavy (non-hydrogen) atoms. The van der Waals surface area contributed by atoms with Crippen molar-refractivity contribution in [2.75, 3.05) is 7.05 Å². The Morgan fingerprint density at radius 2 is 2.18 bits per heavy atom. The summed E-state index contributed by atoms with van der Waals surface area (Å²) in [6.07, 6.45) is 0.686. The van der Waals surface area contributed by atoms with E-state index in [9.17, 15) is 17.1 Å². The highest BCUT2D eigenvalue weighted by Crippen LogP contribution is 2.16. The lowest BCUT2D eigenvalue weighted by Gasteiger charge is -2.04. The van der Waals surface area contributed by atoms with Crippen LogP contribution in [0.2, 0.25) is 0 Å². The fraction of sp³-hybridized carbons (Fsp3) is 0.300. The molecule has 1 rings (SSSR count). The molecule has 0 saturated heterocycles. The zero-order valence-corrected chi connectivity index (χ0v) is 9.96. The van der Waals surface area contributed by atoms with Gasteiger partial charge in [-0.3, -0.25) is 4.79 Å². The van der Waals surface area contributed by atoms with Gasteiger partial charge in [0.05, 0.1) is 0 Å². The van der Waals surface area contributed by atoms with Gasteiger partial charge in [0.2, 0.25) is 5.91 Å². The van der Waals surface area contributed by atoms with Crippen molar-refractivity contribution in [3.8, 4) is 5.75 Å². The minimum Gasteiger partial charge on any atom is -0.359 e. The molecule has 0 unspecified atom stereocenters. The molecule has 1 aromatic carbocycles. The Morgan fingerprint density at radius 3 is 2.76 bits per heavy atom. The van der Waals surface area contributed by atoms with Gasteiger partial charge < -0.3 is 9.50 Å². The Kier molecular flexibility index (Phi) is 4.45. The van der Waals surface area contributed by atoms with E-state index in [4.69, 9.17) is 0 Å². The summed E-state index contributed by atoms with van der Waals surface area (Å²) in [7, 11) is -3.48. The highest BCUT2D eigenvalue weighted by Gasteiger charge is 2.09. The summed E-state index contributed by atoms with van der Waals surface area (Å²) in [4.78, 5) is 11.0. The van der Waals surface area contributed by atoms with E-state index in [0.717, 1.165) is 0 Å². The first-order valence-corrected chi connectivity index (χ1v) is 6.15. The van der Waals surface area contributed by atoms with E-state index in [0.29, 0.717) is 12.0 Å². The maximum Gasteiger partial charge on any atom is 0.488 e. The first-order chi connectivity index (χ1) is 7.90. The minimum atomic E-state index is -5.01. The van der Waals surface area contributed by atoms with E-state index in [2.05, 4.69) is 9.50 Å². The molecule has 0 aliphatic carbocycles. The summed E-state index contributed by atoms with van der Waals surface area (Å²) in [5.41, 5.74) is 0.690. The molecular weight excluding hydrogens is 249 g/mol. The molecule has 0 aliphatic heterocycles. The van der Waals surface area contributed by atoms with E-state index < -0.39 is 10.5 Å². The summed E-state index contributed by atoms with van der Waals surface area (Å²) in [6.45, 7) is 0. The van der Waals surface area contributed by atoms with Gasteiger partial charge in [-0.15, -0.1) is 0 Å². The first-order valence-electron chi connectivity index (χ1n) is 4.84. The molecule has 0 fully saturated rings. The number of carbonyl (C=O) groups excluding carboxylic acids is 1. The molecule has 0 atom stereocenters. The lowest BCUT2D eigenvalue weighted by atomic mass is 10.1. The largest absolute Gasteiger partial charge is 0.488 e. The first kappa shape index (κ1) is 13.4. The SMILES string of the molecule is CNC(=O)CCc1cccc(OS(=O)(=O)F)c1. The van der Waals surface area contributed by atoms with Gasteiger partial charge in [-0.25, -0.2) is 0 Å². The monoisotopic (exact) mass is 261 g/mol. The molecule has 0 radical (unpaired) electrons. The average Bonchev–Trinajstić information content (AvgIpc) is 2.24. The third kappa shape index (κ3) is 5.30. The topological polar surface area (TPSA) is 72.5 Å². The normalized spacial score (nSPS) is 10.9. The van der Waals surface area contributed by atoms with Crippen molar-refractivity contribution in [3.63, 3.8) is 0 Å². The molecule has 1 amide bonds. The number of nitrogens with one attached hydrogen (secondary N) is 1. The molecule has 0 aliphatic rings. The van der Waals surface area contributed by atoms with Crippen LogP contribution in [0.1, 0.15) is 12.0 Å². The van der Waals surface area contributed by atoms with Crippen molar-refractivity contribution >= 4 is 16.4 Å². The van der Waals surface area contributed by atoms with Gasteiger partial charge >= 0.3 is 10.5 Å². The van der Waals surface area contributed by atoms with Gasteiger partial charge in [0.1, 0.15) is 5.75 Å². The Hall–Kier alpha value is -1.63. The molecule has 0 aromatic heterocycles. The smallest absolute Gasteiger partial charge is 0.359 e. The highest BCUT2D eigenvalue weighted by atomic mass is 32.3. The van der Waals surface area contributed by atoms with E-state index >= 15 is 0 Å². The maximum absolute atomic E-state index is 12.3. The highest BCUT2D eigenvalue weighted by molar-refractivity contribution is 7.81. The van der Waals surface area contributed by atoms with Crippen LogP contribution in [-0.4, -0.2) is 21.4 Å². The molecule has 0 spiro atoms. The van der Waals surface area contributed by atoms with Crippen molar-refractivity contribution in [3.05, 3.63) is 29.8 Å². The van der Waals surface area contributed by atoms with Crippen LogP contribution in [0.15, 0.2) is 24.3 Å². The van der Waals surface area contributed by atoms with Crippen LogP contribution in [-0.2, 0) is 21.7 Å². The summed E-state index contributed by atoms with van der Waals surface area (Å²) in [5.74, 6) is -0.239. The second kappa shape index (κ2) is 5.62. The molecule has 1 N–H and O–H groups in total. The summed E-state index contributed by atoms with van der Waals surface area (Å²) < 4.78 is 36.9. The second-order valence-electron chi connectivity index (χ2n) is 3.30. The fourth-order valence-corrected chi connectivity index (χ4v) is 1.58. The number of rotatable bonds is 5. The number of aryl methyl sites for hydroxylation is 1. The van der Waals surface area contributed by atoms with Crippen molar-refractivity contribution in [1.29, 1.82) is 0 Å². The van der Waals surface area contributed by atoms with Crippen molar-refractivity contribution in [2.24, 2.45) is 0 Å². The van der Waals surface area contributed by atoms with E-state index in [1.54, 1.807) is 6.07 Å². The number of benzene rings is 1. The average molecular weight is 261 g/mol. The Morgan fingerprint density at radius 1 is 1.47 bits per heavy atom. The Balaban J connectivity index is 2.69. The van der Waals surface area contributed by atoms with Gasteiger partial charge in [-0.05, 0) is 24.1 Å². The standard InChI is InChI=1S/C10H12FNO4S/c1-12-10(13)6-5-8-3-2-4-9(7-8)16-17(11,14)15/h2-4,7H,5-6H2,1H3,(H,12,13). The van der Waals surface area contributed by atoms with Crippen LogP contribution >= 0.6 is 0 Å². The molecule has 0 saturated carbocycles. The predicted octanol–water partition coefficient (Wildman–Crippen LogP) is 0.958. The van der Waals surface area contributed by atoms with Crippen molar-refractivity contribution in [2.45, 2.75) is 12.8 Å². The number of hydrogen-bond acceptors (Lipinski definition) is 4. The number of carbonyl (C=O) groups is 1. The van der Waals surface area contributed by atoms with Gasteiger partial charge in [-0.2, -0.15) is 8.42 Å². The zero-order chi connectivity index (χ0) is 12.9. The van der Waals surface area contributed by atoms with Crippen LogP contribution < -0.4 is 9.50 Å². The van der Waals surface area contributed by atoms with E-state index in [1.165, 1.54) is 25.2 Å². The maximum atomic E-state index is 12.3. The second-order valence-corrected chi connectivity index (χ2v) is 4.25. The van der Waals surface area contributed by atoms with Crippen molar-refractivity contribution < 1.29 is 21.3 Å². The van der Waals surface area contributed by atoms with Crippen LogP contribution in [0.25, 0.3) is 0 Å². The van der Waals surface area contributed by atoms with Crippen LogP contribution in [0.5, 0.6) is 5.75 Å². The summed E-state index contributed by atoms with van der Waals surface area (Å²) in [5, 5.41) is 2.46. The van der Waals surface area contributed by atoms with Crippen molar-refractivity contribution in [1.82, 2.24) is 5.32 Å². The van der Waals surface area contributed by atoms with E-state index in [1.807, 2.05) is 0 Å². The summed E-state index contributed by atoms with van der Waals surface area (Å²) >= 11 is 0. The Bertz CT molecular complexity index is 501. The van der Waals surface area contributed by atoms with Crippen LogP contribution in [0.3, 0.4) is 0 Å². The molecule has 0 bridgehead atoms. The number of amides is 1. The number of halogens is 1. The number of hydrogen-bond donors (Lipinski definition) is 1. The lowest BCUT2D eigenvalue weighted by molar-refractivity contribution is -0.120. The van der Waals surface area contributed by atoms with Gasteiger partial charge in [0.15, 0.2) is 0 Å². The minimum absolute atomic E-state index is 0.109. The zero-order valence-electron chi connectivity index (χ0n) is 9.14. The van der Waals surface area contributed by atoms with Gasteiger partial charge in [0.25, 0.3) is 0 Å². The van der Waals surface area contributed by atoms with Crippen LogP contribution in [0, 0.1) is 0 Å². The predicted molar refractivity (Wildman–Crippen MR) is 59.5 cm³/mol. The van der Waals surface area contributed by atoms with Gasteiger partial charge in [-0.1, -0.05) is 16.0 Å². The molecule has 0 heterocycles. The quantitative estimate of drug-likeness (QED) is 0.801. The molecular formula is C10H12FNO4S. The molecule has 94 valence electrons. The fourth-order valence-electron chi connectivity index (χ4n) is 1.25. The van der Waals surface area contributed by atoms with E-state index in [-0.39, 0.29) is 18.1 Å². The molecule has 7 heteroatoms. The van der Waals surface area contributed by atoms with Gasteiger partial charge in [0, 0.05) is 13.5 Å². The van der Waals surface area contributed by atoms with Crippen LogP contribution in [0.4, 0.5) is 3.89 Å². The third-order valence-corrected chi connectivity index (χ3v) is 2.41. The molecule has 5 nitrogen and oxygen atoms in total. The lowest BCUT2D eigenvalue weighted by Crippen LogP contribution is -2.17. The third-order valence-electron chi connectivity index (χ3n) is 2.01. The molecule has 1 aromatic rings. The Labute approximate surface area is 99.0 Å². The summed E-state index contributed by atoms with van der Waals surface area (Å²) in [6, 6.07) is 5.92.